The highest BCUT2D eigenvalue weighted by atomic mass is 16.2. The van der Waals surface area contributed by atoms with Gasteiger partial charge in [0.2, 0.25) is 5.91 Å². The topological polar surface area (TPSA) is 114 Å². The molecule has 1 aromatic heterocycles. The van der Waals surface area contributed by atoms with E-state index in [4.69, 9.17) is 5.73 Å². The molecule has 2 aliphatic heterocycles. The lowest BCUT2D eigenvalue weighted by Gasteiger charge is -2.25. The molecule has 3 heterocycles. The number of aromatic nitrogens is 1. The normalized spacial score (nSPS) is 15.9. The minimum Gasteiger partial charge on any atom is -0.384 e. The van der Waals surface area contributed by atoms with Crippen molar-refractivity contribution in [2.45, 2.75) is 13.0 Å². The van der Waals surface area contributed by atoms with E-state index in [1.807, 2.05) is 0 Å². The van der Waals surface area contributed by atoms with E-state index in [9.17, 15) is 19.2 Å². The molecule has 3 N–H and O–H groups in total. The Morgan fingerprint density at radius 2 is 1.80 bits per heavy atom. The standard InChI is InChI=1S/C17H14N4O4/c1-20-7-9-4-10(3-2-8(9)5-12(20)22)21-13(23)6-11-14(15(21)18)17(25)19-16(11)24/h2-4,6H,5,7,18H2,1H3,(H,19,24,25). The molecule has 1 aromatic carbocycles. The van der Waals surface area contributed by atoms with Crippen LogP contribution in [-0.4, -0.2) is 34.2 Å². The van der Waals surface area contributed by atoms with Gasteiger partial charge in [0.1, 0.15) is 5.82 Å². The number of hydrogen-bond acceptors (Lipinski definition) is 5. The van der Waals surface area contributed by atoms with E-state index >= 15 is 0 Å². The highest BCUT2D eigenvalue weighted by Gasteiger charge is 2.32. The maximum absolute atomic E-state index is 12.5. The zero-order chi connectivity index (χ0) is 17.9. The van der Waals surface area contributed by atoms with Crippen LogP contribution in [0.15, 0.2) is 29.1 Å². The fourth-order valence-electron chi connectivity index (χ4n) is 3.26. The Labute approximate surface area is 141 Å². The first kappa shape index (κ1) is 15.1. The summed E-state index contributed by atoms with van der Waals surface area (Å²) in [6.45, 7) is 0.431. The fraction of sp³-hybridized carbons (Fsp3) is 0.176. The van der Waals surface area contributed by atoms with Crippen LogP contribution >= 0.6 is 0 Å². The first-order valence-electron chi connectivity index (χ1n) is 7.64. The summed E-state index contributed by atoms with van der Waals surface area (Å²) in [6, 6.07) is 6.34. The third-order valence-corrected chi connectivity index (χ3v) is 4.58. The van der Waals surface area contributed by atoms with Crippen LogP contribution in [-0.2, 0) is 17.8 Å². The highest BCUT2D eigenvalue weighted by molar-refractivity contribution is 6.23. The molecule has 0 atom stereocenters. The average molecular weight is 338 g/mol. The number of hydrogen-bond donors (Lipinski definition) is 2. The van der Waals surface area contributed by atoms with Gasteiger partial charge in [0, 0.05) is 19.7 Å². The van der Waals surface area contributed by atoms with Crippen molar-refractivity contribution in [3.8, 4) is 5.69 Å². The number of fused-ring (bicyclic) bond motifs is 2. The predicted octanol–water partition coefficient (Wildman–Crippen LogP) is -0.182. The number of imide groups is 1. The number of nitrogens with two attached hydrogens (primary N) is 1. The van der Waals surface area contributed by atoms with Gasteiger partial charge in [0.25, 0.3) is 17.4 Å². The van der Waals surface area contributed by atoms with Crippen molar-refractivity contribution < 1.29 is 14.4 Å². The molecule has 3 amide bonds. The Kier molecular flexibility index (Phi) is 3.05. The Hall–Kier alpha value is -3.42. The van der Waals surface area contributed by atoms with Crippen LogP contribution in [0.2, 0.25) is 0 Å². The van der Waals surface area contributed by atoms with Crippen molar-refractivity contribution in [2.75, 3.05) is 12.8 Å². The number of anilines is 1. The molecule has 2 aromatic rings. The summed E-state index contributed by atoms with van der Waals surface area (Å²) < 4.78 is 1.20. The maximum atomic E-state index is 12.5. The molecule has 0 unspecified atom stereocenters. The minimum atomic E-state index is -0.624. The summed E-state index contributed by atoms with van der Waals surface area (Å²) in [5, 5.41) is 2.14. The molecule has 0 aliphatic carbocycles. The number of nitrogens with zero attached hydrogens (tertiary/aromatic N) is 2. The number of nitrogen functional groups attached to an aromatic ring is 1. The fourth-order valence-corrected chi connectivity index (χ4v) is 3.26. The Bertz CT molecular complexity index is 1040. The number of carbonyl (C=O) groups excluding carboxylic acids is 3. The molecule has 8 heteroatoms. The van der Waals surface area contributed by atoms with E-state index in [0.29, 0.717) is 18.7 Å². The first-order valence-corrected chi connectivity index (χ1v) is 7.64. The van der Waals surface area contributed by atoms with Crippen LogP contribution in [0, 0.1) is 0 Å². The number of carbonyl (C=O) groups is 3. The van der Waals surface area contributed by atoms with Crippen molar-refractivity contribution in [3.05, 3.63) is 56.9 Å². The van der Waals surface area contributed by atoms with Crippen LogP contribution in [0.1, 0.15) is 31.8 Å². The Morgan fingerprint density at radius 1 is 1.04 bits per heavy atom. The van der Waals surface area contributed by atoms with Gasteiger partial charge >= 0.3 is 0 Å². The second kappa shape index (κ2) is 5.04. The van der Waals surface area contributed by atoms with Crippen molar-refractivity contribution in [2.24, 2.45) is 0 Å². The summed E-state index contributed by atoms with van der Waals surface area (Å²) in [5.74, 6) is -1.29. The van der Waals surface area contributed by atoms with Gasteiger partial charge < -0.3 is 10.6 Å². The predicted molar refractivity (Wildman–Crippen MR) is 88.4 cm³/mol. The van der Waals surface area contributed by atoms with Gasteiger partial charge in [-0.3, -0.25) is 29.1 Å². The van der Waals surface area contributed by atoms with Crippen LogP contribution in [0.4, 0.5) is 5.82 Å². The molecule has 0 radical (unpaired) electrons. The Balaban J connectivity index is 1.90. The Morgan fingerprint density at radius 3 is 2.56 bits per heavy atom. The van der Waals surface area contributed by atoms with Gasteiger partial charge in [-0.15, -0.1) is 0 Å². The van der Waals surface area contributed by atoms with Crippen molar-refractivity contribution >= 4 is 23.5 Å². The van der Waals surface area contributed by atoms with Crippen molar-refractivity contribution in [3.63, 3.8) is 0 Å². The van der Waals surface area contributed by atoms with Gasteiger partial charge in [-0.25, -0.2) is 0 Å². The van der Waals surface area contributed by atoms with E-state index in [0.717, 1.165) is 17.2 Å². The lowest BCUT2D eigenvalue weighted by atomic mass is 9.98. The van der Waals surface area contributed by atoms with E-state index in [2.05, 4.69) is 5.32 Å². The number of benzene rings is 1. The van der Waals surface area contributed by atoms with Crippen LogP contribution in [0.3, 0.4) is 0 Å². The monoisotopic (exact) mass is 338 g/mol. The second-order valence-corrected chi connectivity index (χ2v) is 6.15. The molecular formula is C17H14N4O4. The molecule has 0 saturated heterocycles. The van der Waals surface area contributed by atoms with Gasteiger partial charge in [-0.05, 0) is 23.3 Å². The molecule has 126 valence electrons. The zero-order valence-corrected chi connectivity index (χ0v) is 13.3. The molecular weight excluding hydrogens is 324 g/mol. The van der Waals surface area contributed by atoms with E-state index in [1.165, 1.54) is 4.57 Å². The molecule has 2 aliphatic rings. The van der Waals surface area contributed by atoms with E-state index < -0.39 is 17.4 Å². The SMILES string of the molecule is CN1Cc2cc(-n3c(N)c4c(cc3=O)C(=O)NC4=O)ccc2CC1=O. The smallest absolute Gasteiger partial charge is 0.262 e. The summed E-state index contributed by atoms with van der Waals surface area (Å²) >= 11 is 0. The number of likely N-dealkylation sites (N-methyl/N-ethyl adjacent to an activating group) is 1. The zero-order valence-electron chi connectivity index (χ0n) is 13.3. The third-order valence-electron chi connectivity index (χ3n) is 4.58. The van der Waals surface area contributed by atoms with Crippen molar-refractivity contribution in [1.82, 2.24) is 14.8 Å². The number of pyridine rings is 1. The number of rotatable bonds is 1. The third kappa shape index (κ3) is 2.14. The van der Waals surface area contributed by atoms with Gasteiger partial charge in [0.05, 0.1) is 23.2 Å². The molecule has 4 rings (SSSR count). The molecule has 0 fully saturated rings. The number of amides is 3. The van der Waals surface area contributed by atoms with Gasteiger partial charge in [-0.2, -0.15) is 0 Å². The first-order chi connectivity index (χ1) is 11.9. The highest BCUT2D eigenvalue weighted by Crippen LogP contribution is 2.26. The largest absolute Gasteiger partial charge is 0.384 e. The van der Waals surface area contributed by atoms with Gasteiger partial charge in [-0.1, -0.05) is 6.07 Å². The molecule has 8 nitrogen and oxygen atoms in total. The number of nitrogens with one attached hydrogen (secondary N) is 1. The maximum Gasteiger partial charge on any atom is 0.262 e. The molecule has 0 saturated carbocycles. The lowest BCUT2D eigenvalue weighted by molar-refractivity contribution is -0.130. The molecule has 0 bridgehead atoms. The average Bonchev–Trinajstić information content (AvgIpc) is 2.83. The van der Waals surface area contributed by atoms with Crippen LogP contribution < -0.4 is 16.6 Å². The molecule has 0 spiro atoms. The molecule has 25 heavy (non-hydrogen) atoms. The summed E-state index contributed by atoms with van der Waals surface area (Å²) in [5.41, 5.74) is 7.82. The lowest BCUT2D eigenvalue weighted by Crippen LogP contribution is -2.33. The van der Waals surface area contributed by atoms with Crippen LogP contribution in [0.5, 0.6) is 0 Å². The summed E-state index contributed by atoms with van der Waals surface area (Å²) in [6.07, 6.45) is 0.303. The minimum absolute atomic E-state index is 0.00737. The van der Waals surface area contributed by atoms with E-state index in [-0.39, 0.29) is 22.9 Å². The van der Waals surface area contributed by atoms with E-state index in [1.54, 1.807) is 30.1 Å². The second-order valence-electron chi connectivity index (χ2n) is 6.15. The van der Waals surface area contributed by atoms with Crippen molar-refractivity contribution in [1.29, 1.82) is 0 Å². The summed E-state index contributed by atoms with van der Waals surface area (Å²) in [4.78, 5) is 49.5. The van der Waals surface area contributed by atoms with Crippen LogP contribution in [0.25, 0.3) is 5.69 Å². The quantitative estimate of drug-likeness (QED) is 0.700. The van der Waals surface area contributed by atoms with Gasteiger partial charge in [0.15, 0.2) is 0 Å². The summed E-state index contributed by atoms with van der Waals surface area (Å²) in [7, 11) is 1.71.